The molecule has 0 heterocycles. The monoisotopic (exact) mass is 128 g/mol. The summed E-state index contributed by atoms with van der Waals surface area (Å²) in [5.74, 6) is 0.360. The molecule has 1 fully saturated rings. The van der Waals surface area contributed by atoms with Crippen molar-refractivity contribution in [1.82, 2.24) is 0 Å². The molecule has 0 aromatic rings. The van der Waals surface area contributed by atoms with Crippen molar-refractivity contribution in [3.05, 3.63) is 0 Å². The van der Waals surface area contributed by atoms with Crippen LogP contribution in [0.3, 0.4) is 0 Å². The van der Waals surface area contributed by atoms with Crippen molar-refractivity contribution in [2.75, 3.05) is 0 Å². The smallest absolute Gasteiger partial charge is 0.132 e. The molecule has 9 heavy (non-hydrogen) atoms. The molecule has 0 saturated heterocycles. The van der Waals surface area contributed by atoms with Crippen LogP contribution in [0.15, 0.2) is 0 Å². The van der Waals surface area contributed by atoms with Crippen molar-refractivity contribution in [3.63, 3.8) is 0 Å². The van der Waals surface area contributed by atoms with E-state index in [2.05, 4.69) is 0 Å². The van der Waals surface area contributed by atoms with Crippen LogP contribution < -0.4 is 0 Å². The van der Waals surface area contributed by atoms with Gasteiger partial charge in [-0.15, -0.1) is 0 Å². The SMILES string of the molecule is [2H]C1([2H])CCC(C(C)=O)CC1. The molecule has 1 aliphatic carbocycles. The minimum atomic E-state index is -1.01. The Morgan fingerprint density at radius 1 is 1.56 bits per heavy atom. The van der Waals surface area contributed by atoms with Crippen molar-refractivity contribution < 1.29 is 7.54 Å². The molecule has 0 unspecified atom stereocenters. The molecule has 0 aliphatic heterocycles. The Balaban J connectivity index is 2.42. The Morgan fingerprint density at radius 3 is 2.56 bits per heavy atom. The molecule has 1 aliphatic rings. The highest BCUT2D eigenvalue weighted by Crippen LogP contribution is 2.23. The molecular weight excluding hydrogens is 112 g/mol. The van der Waals surface area contributed by atoms with Gasteiger partial charge >= 0.3 is 0 Å². The predicted octanol–water partition coefficient (Wildman–Crippen LogP) is 2.16. The van der Waals surface area contributed by atoms with Gasteiger partial charge in [-0.05, 0) is 19.8 Å². The average Bonchev–Trinajstić information content (AvgIpc) is 1.86. The van der Waals surface area contributed by atoms with Gasteiger partial charge in [0.15, 0.2) is 0 Å². The lowest BCUT2D eigenvalue weighted by molar-refractivity contribution is -0.121. The van der Waals surface area contributed by atoms with Gasteiger partial charge in [-0.3, -0.25) is 4.79 Å². The molecule has 0 radical (unpaired) electrons. The summed E-state index contributed by atoms with van der Waals surface area (Å²) in [6.07, 6.45) is 1.57. The van der Waals surface area contributed by atoms with Gasteiger partial charge in [0.25, 0.3) is 0 Å². The summed E-state index contributed by atoms with van der Waals surface area (Å²) in [6, 6.07) is 0. The molecule has 0 amide bonds. The van der Waals surface area contributed by atoms with Crippen LogP contribution in [0.2, 0.25) is 0 Å². The number of hydrogen-bond acceptors (Lipinski definition) is 1. The topological polar surface area (TPSA) is 17.1 Å². The molecule has 0 atom stereocenters. The van der Waals surface area contributed by atoms with E-state index >= 15 is 0 Å². The Hall–Kier alpha value is -0.330. The third-order valence-corrected chi connectivity index (χ3v) is 1.91. The zero-order valence-corrected chi connectivity index (χ0v) is 5.81. The lowest BCUT2D eigenvalue weighted by atomic mass is 9.87. The van der Waals surface area contributed by atoms with E-state index in [1.54, 1.807) is 6.92 Å². The quantitative estimate of drug-likeness (QED) is 0.529. The maximum absolute atomic E-state index is 10.9. The molecule has 0 N–H and O–H groups in total. The van der Waals surface area contributed by atoms with Crippen LogP contribution in [0.1, 0.15) is 41.7 Å². The lowest BCUT2D eigenvalue weighted by Gasteiger charge is -2.17. The van der Waals surface area contributed by atoms with Crippen LogP contribution >= 0.6 is 0 Å². The second-order valence-electron chi connectivity index (χ2n) is 2.63. The maximum Gasteiger partial charge on any atom is 0.132 e. The number of carbonyl (C=O) groups is 1. The van der Waals surface area contributed by atoms with Crippen LogP contribution in [-0.2, 0) is 4.79 Å². The van der Waals surface area contributed by atoms with Crippen LogP contribution in [0, 0.1) is 5.92 Å². The summed E-state index contributed by atoms with van der Waals surface area (Å²) in [6.45, 7) is 1.60. The molecule has 1 saturated carbocycles. The fraction of sp³-hybridized carbons (Fsp3) is 0.875. The Labute approximate surface area is 59.3 Å². The normalized spacial score (nSPS) is 30.8. The van der Waals surface area contributed by atoms with Gasteiger partial charge in [0, 0.05) is 8.66 Å². The van der Waals surface area contributed by atoms with Gasteiger partial charge in [-0.1, -0.05) is 19.2 Å². The first-order valence-corrected chi connectivity index (χ1v) is 3.52. The largest absolute Gasteiger partial charge is 0.300 e. The highest BCUT2D eigenvalue weighted by atomic mass is 16.1. The standard InChI is InChI=1S/C8H14O/c1-7(9)8-5-3-2-4-6-8/h8H,2-6H2,1H3/i2D2. The predicted molar refractivity (Wildman–Crippen MR) is 37.3 cm³/mol. The van der Waals surface area contributed by atoms with Crippen LogP contribution in [0.5, 0.6) is 0 Å². The van der Waals surface area contributed by atoms with E-state index < -0.39 is 6.37 Å². The van der Waals surface area contributed by atoms with Crippen LogP contribution in [0.25, 0.3) is 0 Å². The fourth-order valence-corrected chi connectivity index (χ4v) is 1.23. The van der Waals surface area contributed by atoms with E-state index in [1.165, 1.54) is 0 Å². The van der Waals surface area contributed by atoms with Gasteiger partial charge in [-0.25, -0.2) is 0 Å². The molecule has 0 bridgehead atoms. The number of rotatable bonds is 1. The second-order valence-corrected chi connectivity index (χ2v) is 2.63. The van der Waals surface area contributed by atoms with Crippen molar-refractivity contribution >= 4 is 5.78 Å². The van der Waals surface area contributed by atoms with Gasteiger partial charge in [0.1, 0.15) is 5.78 Å². The van der Waals surface area contributed by atoms with Gasteiger partial charge in [-0.2, -0.15) is 0 Å². The molecule has 52 valence electrons. The van der Waals surface area contributed by atoms with Crippen molar-refractivity contribution in [1.29, 1.82) is 0 Å². The number of Topliss-reactive ketones (excluding diaryl/α,β-unsaturated/α-hetero) is 1. The van der Waals surface area contributed by atoms with E-state index in [0.717, 1.165) is 12.8 Å². The zero-order chi connectivity index (χ0) is 8.48. The summed E-state index contributed by atoms with van der Waals surface area (Å²) in [7, 11) is 0. The van der Waals surface area contributed by atoms with E-state index in [4.69, 9.17) is 2.74 Å². The Bertz CT molecular complexity index is 155. The number of ketones is 1. The summed E-state index contributed by atoms with van der Waals surface area (Å²) >= 11 is 0. The molecule has 1 rings (SSSR count). The summed E-state index contributed by atoms with van der Waals surface area (Å²) in [5.41, 5.74) is 0. The summed E-state index contributed by atoms with van der Waals surface area (Å²) < 4.78 is 14.8. The highest BCUT2D eigenvalue weighted by molar-refractivity contribution is 5.78. The van der Waals surface area contributed by atoms with Gasteiger partial charge in [0.2, 0.25) is 0 Å². The molecular formula is C8H14O. The first-order valence-electron chi connectivity index (χ1n) is 4.52. The fourth-order valence-electron chi connectivity index (χ4n) is 1.23. The van der Waals surface area contributed by atoms with Gasteiger partial charge in [0.05, 0.1) is 0 Å². The zero-order valence-electron chi connectivity index (χ0n) is 7.81. The van der Waals surface area contributed by atoms with E-state index in [1.807, 2.05) is 0 Å². The molecule has 0 aromatic carbocycles. The third-order valence-electron chi connectivity index (χ3n) is 1.91. The first-order chi connectivity index (χ1) is 5.01. The van der Waals surface area contributed by atoms with Crippen molar-refractivity contribution in [2.45, 2.75) is 39.0 Å². The Kier molecular flexibility index (Phi) is 1.49. The van der Waals surface area contributed by atoms with Crippen molar-refractivity contribution in [3.8, 4) is 0 Å². The number of hydrogen-bond donors (Lipinski definition) is 0. The minimum absolute atomic E-state index is 0.138. The van der Waals surface area contributed by atoms with Crippen LogP contribution in [-0.4, -0.2) is 5.78 Å². The molecule has 0 aromatic heterocycles. The summed E-state index contributed by atoms with van der Waals surface area (Å²) in [5, 5.41) is 0. The van der Waals surface area contributed by atoms with E-state index in [9.17, 15) is 4.79 Å². The molecule has 0 spiro atoms. The minimum Gasteiger partial charge on any atom is -0.300 e. The van der Waals surface area contributed by atoms with E-state index in [0.29, 0.717) is 12.8 Å². The van der Waals surface area contributed by atoms with Crippen LogP contribution in [0.4, 0.5) is 0 Å². The van der Waals surface area contributed by atoms with Gasteiger partial charge < -0.3 is 0 Å². The first kappa shape index (κ1) is 4.48. The lowest BCUT2D eigenvalue weighted by Crippen LogP contribution is -2.13. The summed E-state index contributed by atoms with van der Waals surface area (Å²) in [4.78, 5) is 10.9. The number of carbonyl (C=O) groups excluding carboxylic acids is 1. The highest BCUT2D eigenvalue weighted by Gasteiger charge is 2.16. The second kappa shape index (κ2) is 3.00. The maximum atomic E-state index is 10.9. The van der Waals surface area contributed by atoms with Crippen molar-refractivity contribution in [2.24, 2.45) is 5.92 Å². The third kappa shape index (κ3) is 1.81. The Morgan fingerprint density at radius 2 is 2.11 bits per heavy atom. The van der Waals surface area contributed by atoms with E-state index in [-0.39, 0.29) is 11.7 Å². The molecule has 1 heteroatoms. The molecule has 1 nitrogen and oxygen atoms in total. The average molecular weight is 128 g/mol.